The average molecular weight is 280 g/mol. The predicted octanol–water partition coefficient (Wildman–Crippen LogP) is 3.30. The molecule has 3 fully saturated rings. The van der Waals surface area contributed by atoms with Crippen LogP contribution in [0.2, 0.25) is 0 Å². The third-order valence-electron chi connectivity index (χ3n) is 7.28. The van der Waals surface area contributed by atoms with E-state index in [4.69, 9.17) is 4.74 Å². The second-order valence-electron chi connectivity index (χ2n) is 8.14. The maximum atomic E-state index is 11.1. The smallest absolute Gasteiger partial charge is 0.302 e. The maximum absolute atomic E-state index is 11.1. The quantitative estimate of drug-likeness (QED) is 0.807. The van der Waals surface area contributed by atoms with Crippen molar-refractivity contribution in [2.24, 2.45) is 22.2 Å². The van der Waals surface area contributed by atoms with Crippen LogP contribution in [0.15, 0.2) is 0 Å². The van der Waals surface area contributed by atoms with E-state index in [9.17, 15) is 9.90 Å². The Labute approximate surface area is 122 Å². The van der Waals surface area contributed by atoms with E-state index < -0.39 is 5.60 Å². The van der Waals surface area contributed by atoms with Crippen molar-refractivity contribution < 1.29 is 14.6 Å². The van der Waals surface area contributed by atoms with Gasteiger partial charge in [0.1, 0.15) is 12.2 Å². The van der Waals surface area contributed by atoms with Gasteiger partial charge in [-0.05, 0) is 49.4 Å². The molecule has 1 spiro atoms. The van der Waals surface area contributed by atoms with E-state index in [0.29, 0.717) is 11.3 Å². The van der Waals surface area contributed by atoms with Crippen LogP contribution in [-0.2, 0) is 9.53 Å². The van der Waals surface area contributed by atoms with E-state index >= 15 is 0 Å². The third-order valence-corrected chi connectivity index (χ3v) is 7.28. The van der Waals surface area contributed by atoms with Crippen LogP contribution in [0.5, 0.6) is 0 Å². The molecule has 5 atom stereocenters. The Morgan fingerprint density at radius 2 is 2.10 bits per heavy atom. The largest absolute Gasteiger partial charge is 0.463 e. The Balaban J connectivity index is 1.90. The van der Waals surface area contributed by atoms with Gasteiger partial charge in [0, 0.05) is 12.3 Å². The van der Waals surface area contributed by atoms with Crippen molar-refractivity contribution in [2.75, 3.05) is 6.61 Å². The summed E-state index contributed by atoms with van der Waals surface area (Å²) in [4.78, 5) is 11.1. The van der Waals surface area contributed by atoms with Gasteiger partial charge in [-0.2, -0.15) is 0 Å². The second-order valence-corrected chi connectivity index (χ2v) is 8.14. The minimum atomic E-state index is -0.887. The lowest BCUT2D eigenvalue weighted by Gasteiger charge is -2.46. The molecule has 0 aromatic carbocycles. The van der Waals surface area contributed by atoms with Gasteiger partial charge in [-0.1, -0.05) is 26.7 Å². The van der Waals surface area contributed by atoms with Crippen LogP contribution in [-0.4, -0.2) is 23.3 Å². The Hall–Kier alpha value is -0.570. The number of carbonyl (C=O) groups is 1. The molecule has 5 unspecified atom stereocenters. The zero-order valence-electron chi connectivity index (χ0n) is 13.3. The third kappa shape index (κ3) is 1.48. The van der Waals surface area contributed by atoms with Gasteiger partial charge in [0.25, 0.3) is 0 Å². The van der Waals surface area contributed by atoms with Crippen LogP contribution in [0.1, 0.15) is 66.2 Å². The first-order valence-electron chi connectivity index (χ1n) is 8.07. The van der Waals surface area contributed by atoms with Gasteiger partial charge in [0.05, 0.1) is 0 Å². The van der Waals surface area contributed by atoms with Crippen LogP contribution < -0.4 is 0 Å². The molecule has 0 aromatic heterocycles. The van der Waals surface area contributed by atoms with Gasteiger partial charge < -0.3 is 9.84 Å². The van der Waals surface area contributed by atoms with E-state index in [2.05, 4.69) is 13.8 Å². The number of aliphatic hydroxyl groups is 1. The monoisotopic (exact) mass is 280 g/mol. The Morgan fingerprint density at radius 1 is 1.40 bits per heavy atom. The molecule has 3 aliphatic carbocycles. The zero-order valence-corrected chi connectivity index (χ0v) is 13.3. The summed E-state index contributed by atoms with van der Waals surface area (Å²) in [6.07, 6.45) is 7.31. The van der Waals surface area contributed by atoms with Crippen molar-refractivity contribution in [1.82, 2.24) is 0 Å². The number of rotatable bonds is 3. The molecule has 0 aliphatic heterocycles. The highest BCUT2D eigenvalue weighted by atomic mass is 16.5. The first-order valence-corrected chi connectivity index (χ1v) is 8.07. The molecule has 0 heterocycles. The van der Waals surface area contributed by atoms with Crippen LogP contribution in [0.3, 0.4) is 0 Å². The molecule has 0 saturated heterocycles. The van der Waals surface area contributed by atoms with Gasteiger partial charge in [-0.15, -0.1) is 0 Å². The fourth-order valence-corrected chi connectivity index (χ4v) is 6.20. The lowest BCUT2D eigenvalue weighted by Crippen LogP contribution is -2.47. The maximum Gasteiger partial charge on any atom is 0.302 e. The van der Waals surface area contributed by atoms with E-state index in [1.165, 1.54) is 32.6 Å². The van der Waals surface area contributed by atoms with Gasteiger partial charge in [-0.3, -0.25) is 4.79 Å². The number of carbonyl (C=O) groups excluding carboxylic acids is 1. The highest BCUT2D eigenvalue weighted by Gasteiger charge is 2.84. The Morgan fingerprint density at radius 3 is 2.75 bits per heavy atom. The Kier molecular flexibility index (Phi) is 2.87. The summed E-state index contributed by atoms with van der Waals surface area (Å²) >= 11 is 0. The van der Waals surface area contributed by atoms with Gasteiger partial charge in [-0.25, -0.2) is 0 Å². The average Bonchev–Trinajstić information content (AvgIpc) is 2.99. The lowest BCUT2D eigenvalue weighted by molar-refractivity contribution is -0.155. The zero-order chi connectivity index (χ0) is 14.8. The van der Waals surface area contributed by atoms with Crippen molar-refractivity contribution in [3.8, 4) is 0 Å². The normalized spacial score (nSPS) is 49.0. The van der Waals surface area contributed by atoms with Crippen LogP contribution in [0.4, 0.5) is 0 Å². The lowest BCUT2D eigenvalue weighted by atomic mass is 9.59. The van der Waals surface area contributed by atoms with Crippen LogP contribution in [0.25, 0.3) is 0 Å². The number of esters is 1. The molecule has 114 valence electrons. The van der Waals surface area contributed by atoms with Gasteiger partial charge >= 0.3 is 5.97 Å². The molecule has 0 radical (unpaired) electrons. The highest BCUT2D eigenvalue weighted by Crippen LogP contribution is 2.88. The summed E-state index contributed by atoms with van der Waals surface area (Å²) in [6, 6.07) is 0. The van der Waals surface area contributed by atoms with Crippen LogP contribution in [0, 0.1) is 22.2 Å². The first-order chi connectivity index (χ1) is 9.21. The molecule has 3 aliphatic rings. The standard InChI is InChI=1S/C17H28O3/c1-12-6-5-7-14(3)8-9-16(10-17(12,14)16)15(4,19)11-20-13(2)18/h12,19H,5-11H2,1-4H3. The van der Waals surface area contributed by atoms with Crippen molar-refractivity contribution in [1.29, 1.82) is 0 Å². The molecule has 0 aromatic rings. The second kappa shape index (κ2) is 4.00. The van der Waals surface area contributed by atoms with Crippen molar-refractivity contribution in [3.63, 3.8) is 0 Å². The van der Waals surface area contributed by atoms with E-state index in [1.54, 1.807) is 0 Å². The minimum Gasteiger partial charge on any atom is -0.463 e. The molecule has 1 N–H and O–H groups in total. The van der Waals surface area contributed by atoms with Crippen molar-refractivity contribution >= 4 is 5.97 Å². The summed E-state index contributed by atoms with van der Waals surface area (Å²) in [6.45, 7) is 8.24. The summed E-state index contributed by atoms with van der Waals surface area (Å²) < 4.78 is 5.17. The molecule has 3 heteroatoms. The summed E-state index contributed by atoms with van der Waals surface area (Å²) in [7, 11) is 0. The molecule has 20 heavy (non-hydrogen) atoms. The summed E-state index contributed by atoms with van der Waals surface area (Å²) in [5.74, 6) is 0.376. The molecule has 3 nitrogen and oxygen atoms in total. The Bertz CT molecular complexity index is 444. The van der Waals surface area contributed by atoms with Crippen molar-refractivity contribution in [3.05, 3.63) is 0 Å². The molecule has 3 rings (SSSR count). The molecular weight excluding hydrogens is 252 g/mol. The first kappa shape index (κ1) is 14.4. The topological polar surface area (TPSA) is 46.5 Å². The summed E-state index contributed by atoms with van der Waals surface area (Å²) in [5.41, 5.74) is -0.251. The van der Waals surface area contributed by atoms with Gasteiger partial charge in [0.15, 0.2) is 0 Å². The number of hydrogen-bond acceptors (Lipinski definition) is 3. The molecular formula is C17H28O3. The number of hydrogen-bond donors (Lipinski definition) is 1. The highest BCUT2D eigenvalue weighted by molar-refractivity contribution is 5.66. The van der Waals surface area contributed by atoms with E-state index in [0.717, 1.165) is 12.8 Å². The van der Waals surface area contributed by atoms with E-state index in [-0.39, 0.29) is 23.4 Å². The minimum absolute atomic E-state index is 0.0238. The molecule has 0 bridgehead atoms. The van der Waals surface area contributed by atoms with Crippen LogP contribution >= 0.6 is 0 Å². The predicted molar refractivity (Wildman–Crippen MR) is 77.1 cm³/mol. The molecule has 3 saturated carbocycles. The number of ether oxygens (including phenoxy) is 1. The fourth-order valence-electron chi connectivity index (χ4n) is 6.20. The fraction of sp³-hybridized carbons (Fsp3) is 0.941. The van der Waals surface area contributed by atoms with Crippen molar-refractivity contribution in [2.45, 2.75) is 71.8 Å². The SMILES string of the molecule is CC(=O)OCC(C)(O)C12CCC3(C)CCCC(C)C31C2. The van der Waals surface area contributed by atoms with E-state index in [1.807, 2.05) is 6.92 Å². The van der Waals surface area contributed by atoms with Gasteiger partial charge in [0.2, 0.25) is 0 Å². The molecule has 0 amide bonds. The summed E-state index contributed by atoms with van der Waals surface area (Å²) in [5, 5.41) is 11.1.